The van der Waals surface area contributed by atoms with Gasteiger partial charge in [0.15, 0.2) is 0 Å². The Morgan fingerprint density at radius 2 is 1.68 bits per heavy atom. The molecule has 8 heteroatoms. The molecule has 0 bridgehead atoms. The Morgan fingerprint density at radius 1 is 1.11 bits per heavy atom. The fourth-order valence-corrected chi connectivity index (χ4v) is 0.939. The lowest BCUT2D eigenvalue weighted by Crippen LogP contribution is -2.42. The molecule has 0 radical (unpaired) electrons. The van der Waals surface area contributed by atoms with Crippen molar-refractivity contribution in [2.24, 2.45) is 5.41 Å². The van der Waals surface area contributed by atoms with Crippen molar-refractivity contribution < 1.29 is 27.5 Å². The first-order valence-electron chi connectivity index (χ1n) is 5.72. The van der Waals surface area contributed by atoms with Gasteiger partial charge in [-0.25, -0.2) is 0 Å². The van der Waals surface area contributed by atoms with E-state index in [1.165, 1.54) is 0 Å². The highest BCUT2D eigenvalue weighted by molar-refractivity contribution is 5.87. The summed E-state index contributed by atoms with van der Waals surface area (Å²) < 4.78 is 39.4. The van der Waals surface area contributed by atoms with E-state index in [0.717, 1.165) is 0 Å². The minimum absolute atomic E-state index is 0.0414. The Labute approximate surface area is 109 Å². The van der Waals surface area contributed by atoms with E-state index >= 15 is 0 Å². The second-order valence-electron chi connectivity index (χ2n) is 4.95. The first-order chi connectivity index (χ1) is 8.52. The zero-order valence-corrected chi connectivity index (χ0v) is 11.2. The summed E-state index contributed by atoms with van der Waals surface area (Å²) in [5, 5.41) is 4.75. The van der Waals surface area contributed by atoms with Gasteiger partial charge in [0.1, 0.15) is 6.61 Å². The van der Waals surface area contributed by atoms with Crippen molar-refractivity contribution in [2.45, 2.75) is 26.9 Å². The average molecular weight is 284 g/mol. The first kappa shape index (κ1) is 17.7. The average Bonchev–Trinajstić information content (AvgIpc) is 2.22. The molecule has 0 atom stereocenters. The number of alkyl halides is 3. The van der Waals surface area contributed by atoms with Crippen molar-refractivity contribution in [2.75, 3.05) is 26.3 Å². The quantitative estimate of drug-likeness (QED) is 0.710. The predicted octanol–water partition coefficient (Wildman–Crippen LogP) is 0.844. The van der Waals surface area contributed by atoms with Gasteiger partial charge in [-0.2, -0.15) is 13.2 Å². The molecular weight excluding hydrogens is 265 g/mol. The number of hydrogen-bond donors (Lipinski definition) is 2. The van der Waals surface area contributed by atoms with E-state index in [2.05, 4.69) is 15.4 Å². The standard InChI is InChI=1S/C11H19F3N2O3/c1-10(2,3)9(18)16-6-8(17)15-4-5-19-7-11(12,13)14/h4-7H2,1-3H3,(H,15,17)(H,16,18). The second-order valence-corrected chi connectivity index (χ2v) is 4.95. The van der Waals surface area contributed by atoms with Gasteiger partial charge in [0.25, 0.3) is 0 Å². The molecule has 0 aliphatic carbocycles. The molecule has 5 nitrogen and oxygen atoms in total. The lowest BCUT2D eigenvalue weighted by molar-refractivity contribution is -0.173. The lowest BCUT2D eigenvalue weighted by Gasteiger charge is -2.17. The lowest BCUT2D eigenvalue weighted by atomic mass is 9.96. The van der Waals surface area contributed by atoms with E-state index in [1.807, 2.05) is 0 Å². The Hall–Kier alpha value is -1.31. The van der Waals surface area contributed by atoms with Gasteiger partial charge in [0.2, 0.25) is 11.8 Å². The summed E-state index contributed by atoms with van der Waals surface area (Å²) in [4.78, 5) is 22.6. The number of halogens is 3. The van der Waals surface area contributed by atoms with Crippen LogP contribution in [-0.4, -0.2) is 44.3 Å². The number of rotatable bonds is 6. The van der Waals surface area contributed by atoms with E-state index in [1.54, 1.807) is 20.8 Å². The van der Waals surface area contributed by atoms with Gasteiger partial charge < -0.3 is 15.4 Å². The summed E-state index contributed by atoms with van der Waals surface area (Å²) >= 11 is 0. The molecule has 0 unspecified atom stereocenters. The van der Waals surface area contributed by atoms with Crippen LogP contribution in [0.1, 0.15) is 20.8 Å². The molecule has 0 aliphatic rings. The fourth-order valence-electron chi connectivity index (χ4n) is 0.939. The van der Waals surface area contributed by atoms with Crippen LogP contribution in [0.4, 0.5) is 13.2 Å². The van der Waals surface area contributed by atoms with Crippen LogP contribution >= 0.6 is 0 Å². The predicted molar refractivity (Wildman–Crippen MR) is 62.3 cm³/mol. The van der Waals surface area contributed by atoms with Crippen molar-refractivity contribution >= 4 is 11.8 Å². The minimum Gasteiger partial charge on any atom is -0.370 e. The highest BCUT2D eigenvalue weighted by Crippen LogP contribution is 2.14. The normalized spacial score (nSPS) is 12.1. The van der Waals surface area contributed by atoms with Gasteiger partial charge in [-0.15, -0.1) is 0 Å². The van der Waals surface area contributed by atoms with E-state index in [-0.39, 0.29) is 25.6 Å². The summed E-state index contributed by atoms with van der Waals surface area (Å²) in [5.74, 6) is -0.760. The maximum absolute atomic E-state index is 11.7. The van der Waals surface area contributed by atoms with Crippen LogP contribution in [0.2, 0.25) is 0 Å². The third-order valence-corrected chi connectivity index (χ3v) is 1.92. The molecule has 0 rings (SSSR count). The number of carbonyl (C=O) groups excluding carboxylic acids is 2. The van der Waals surface area contributed by atoms with Crippen molar-refractivity contribution in [3.05, 3.63) is 0 Å². The van der Waals surface area contributed by atoms with E-state index in [0.29, 0.717) is 0 Å². The van der Waals surface area contributed by atoms with Crippen molar-refractivity contribution in [3.63, 3.8) is 0 Å². The monoisotopic (exact) mass is 284 g/mol. The van der Waals surface area contributed by atoms with Crippen LogP contribution in [0, 0.1) is 5.41 Å². The van der Waals surface area contributed by atoms with Crippen LogP contribution < -0.4 is 10.6 Å². The van der Waals surface area contributed by atoms with Crippen LogP contribution in [0.3, 0.4) is 0 Å². The molecule has 2 N–H and O–H groups in total. The fraction of sp³-hybridized carbons (Fsp3) is 0.818. The molecule has 0 aromatic rings. The van der Waals surface area contributed by atoms with Crippen molar-refractivity contribution in [1.29, 1.82) is 0 Å². The van der Waals surface area contributed by atoms with Crippen LogP contribution in [-0.2, 0) is 14.3 Å². The largest absolute Gasteiger partial charge is 0.411 e. The third-order valence-electron chi connectivity index (χ3n) is 1.92. The molecule has 0 aliphatic heterocycles. The number of hydrogen-bond acceptors (Lipinski definition) is 3. The van der Waals surface area contributed by atoms with Gasteiger partial charge in [0.05, 0.1) is 13.2 Å². The number of carbonyl (C=O) groups is 2. The summed E-state index contributed by atoms with van der Waals surface area (Å²) in [6, 6.07) is 0. The SMILES string of the molecule is CC(C)(C)C(=O)NCC(=O)NCCOCC(F)(F)F. The maximum atomic E-state index is 11.7. The summed E-state index contributed by atoms with van der Waals surface area (Å²) in [5.41, 5.74) is -0.601. The number of nitrogens with one attached hydrogen (secondary N) is 2. The van der Waals surface area contributed by atoms with E-state index in [4.69, 9.17) is 0 Å². The summed E-state index contributed by atoms with van der Waals surface area (Å²) in [7, 11) is 0. The van der Waals surface area contributed by atoms with Crippen LogP contribution in [0.15, 0.2) is 0 Å². The topological polar surface area (TPSA) is 67.4 Å². The highest BCUT2D eigenvalue weighted by Gasteiger charge is 2.27. The minimum atomic E-state index is -4.37. The highest BCUT2D eigenvalue weighted by atomic mass is 19.4. The molecule has 112 valence electrons. The molecule has 0 aromatic carbocycles. The molecule has 19 heavy (non-hydrogen) atoms. The van der Waals surface area contributed by atoms with Crippen molar-refractivity contribution in [3.8, 4) is 0 Å². The van der Waals surface area contributed by atoms with E-state index < -0.39 is 24.1 Å². The Balaban J connectivity index is 3.64. The molecule has 0 saturated carbocycles. The third kappa shape index (κ3) is 10.3. The maximum Gasteiger partial charge on any atom is 0.411 e. The van der Waals surface area contributed by atoms with Gasteiger partial charge in [-0.05, 0) is 0 Å². The molecule has 0 saturated heterocycles. The molecule has 0 aromatic heterocycles. The van der Waals surface area contributed by atoms with Crippen LogP contribution in [0.5, 0.6) is 0 Å². The first-order valence-corrected chi connectivity index (χ1v) is 5.72. The Kier molecular flexibility index (Phi) is 6.82. The van der Waals surface area contributed by atoms with Crippen molar-refractivity contribution in [1.82, 2.24) is 10.6 Å². The zero-order valence-electron chi connectivity index (χ0n) is 11.2. The molecule has 2 amide bonds. The van der Waals surface area contributed by atoms with Crippen LogP contribution in [0.25, 0.3) is 0 Å². The molecule has 0 fully saturated rings. The molecule has 0 heterocycles. The molecule has 0 spiro atoms. The summed E-state index contributed by atoms with van der Waals surface area (Å²) in [6.07, 6.45) is -4.37. The number of ether oxygens (including phenoxy) is 1. The smallest absolute Gasteiger partial charge is 0.370 e. The van der Waals surface area contributed by atoms with Gasteiger partial charge >= 0.3 is 6.18 Å². The summed E-state index contributed by atoms with van der Waals surface area (Å²) in [6.45, 7) is 3.26. The zero-order chi connectivity index (χ0) is 15.1. The van der Waals surface area contributed by atoms with E-state index in [9.17, 15) is 22.8 Å². The van der Waals surface area contributed by atoms with Gasteiger partial charge in [-0.3, -0.25) is 9.59 Å². The van der Waals surface area contributed by atoms with Gasteiger partial charge in [0, 0.05) is 12.0 Å². The molecular formula is C11H19F3N2O3. The van der Waals surface area contributed by atoms with Gasteiger partial charge in [-0.1, -0.05) is 20.8 Å². The second kappa shape index (κ2) is 7.32. The Bertz CT molecular complexity index is 311. The number of amides is 2. The Morgan fingerprint density at radius 3 is 2.16 bits per heavy atom.